The van der Waals surface area contributed by atoms with Gasteiger partial charge in [-0.25, -0.2) is 0 Å². The van der Waals surface area contributed by atoms with Gasteiger partial charge in [0.05, 0.1) is 7.11 Å². The van der Waals surface area contributed by atoms with Crippen molar-refractivity contribution in [3.05, 3.63) is 29.8 Å². The molecule has 0 fully saturated rings. The van der Waals surface area contributed by atoms with Crippen LogP contribution in [0.25, 0.3) is 0 Å². The van der Waals surface area contributed by atoms with E-state index in [-0.39, 0.29) is 0 Å². The van der Waals surface area contributed by atoms with Crippen molar-refractivity contribution in [2.45, 2.75) is 25.1 Å². The second-order valence-electron chi connectivity index (χ2n) is 3.82. The molecule has 1 unspecified atom stereocenters. The Kier molecular flexibility index (Phi) is 6.34. The second kappa shape index (κ2) is 7.58. The number of thioether (sulfide) groups is 1. The fourth-order valence-electron chi connectivity index (χ4n) is 1.50. The van der Waals surface area contributed by atoms with Crippen LogP contribution >= 0.6 is 11.8 Å². The van der Waals surface area contributed by atoms with Crippen LogP contribution in [0.3, 0.4) is 0 Å². The molecule has 0 aliphatic heterocycles. The molecule has 0 saturated carbocycles. The smallest absolute Gasteiger partial charge is 0.123 e. The third-order valence-electron chi connectivity index (χ3n) is 2.64. The minimum absolute atomic E-state index is 0.727. The van der Waals surface area contributed by atoms with Crippen LogP contribution in [-0.2, 0) is 6.54 Å². The maximum Gasteiger partial charge on any atom is 0.123 e. The van der Waals surface area contributed by atoms with Gasteiger partial charge < -0.3 is 10.1 Å². The van der Waals surface area contributed by atoms with Crippen LogP contribution in [0.2, 0.25) is 0 Å². The highest BCUT2D eigenvalue weighted by Crippen LogP contribution is 2.16. The van der Waals surface area contributed by atoms with Crippen molar-refractivity contribution in [2.75, 3.05) is 19.9 Å². The Morgan fingerprint density at radius 2 is 2.12 bits per heavy atom. The Bertz CT molecular complexity index is 304. The molecule has 0 saturated heterocycles. The molecule has 1 aromatic rings. The average molecular weight is 239 g/mol. The zero-order valence-electron chi connectivity index (χ0n) is 10.3. The van der Waals surface area contributed by atoms with E-state index in [1.54, 1.807) is 7.11 Å². The number of ether oxygens (including phenoxy) is 1. The van der Waals surface area contributed by atoms with Crippen LogP contribution < -0.4 is 10.1 Å². The molecule has 2 nitrogen and oxygen atoms in total. The Hall–Kier alpha value is -0.670. The Morgan fingerprint density at radius 1 is 1.38 bits per heavy atom. The number of hydrogen-bond donors (Lipinski definition) is 1. The van der Waals surface area contributed by atoms with Crippen molar-refractivity contribution < 1.29 is 4.74 Å². The van der Waals surface area contributed by atoms with Crippen LogP contribution in [0.15, 0.2) is 24.3 Å². The molecule has 0 radical (unpaired) electrons. The molecular formula is C13H21NOS. The number of rotatable bonds is 7. The summed E-state index contributed by atoms with van der Waals surface area (Å²) >= 11 is 1.91. The molecule has 1 N–H and O–H groups in total. The Balaban J connectivity index is 2.31. The van der Waals surface area contributed by atoms with Gasteiger partial charge in [-0.15, -0.1) is 0 Å². The van der Waals surface area contributed by atoms with Gasteiger partial charge in [-0.3, -0.25) is 0 Å². The minimum Gasteiger partial charge on any atom is -0.496 e. The van der Waals surface area contributed by atoms with E-state index in [0.29, 0.717) is 0 Å². The quantitative estimate of drug-likeness (QED) is 0.739. The molecule has 1 aromatic carbocycles. The summed E-state index contributed by atoms with van der Waals surface area (Å²) < 4.78 is 5.30. The van der Waals surface area contributed by atoms with E-state index in [0.717, 1.165) is 24.1 Å². The minimum atomic E-state index is 0.727. The molecule has 0 spiro atoms. The maximum absolute atomic E-state index is 5.30. The number of para-hydroxylation sites is 1. The van der Waals surface area contributed by atoms with Gasteiger partial charge in [-0.2, -0.15) is 11.8 Å². The summed E-state index contributed by atoms with van der Waals surface area (Å²) in [5.41, 5.74) is 1.22. The summed E-state index contributed by atoms with van der Waals surface area (Å²) in [5.74, 6) is 0.966. The molecule has 0 aromatic heterocycles. The van der Waals surface area contributed by atoms with Crippen LogP contribution in [0.5, 0.6) is 5.75 Å². The third kappa shape index (κ3) is 4.45. The lowest BCUT2D eigenvalue weighted by atomic mass is 10.2. The van der Waals surface area contributed by atoms with Gasteiger partial charge in [0.15, 0.2) is 0 Å². The fourth-order valence-corrected chi connectivity index (χ4v) is 1.85. The van der Waals surface area contributed by atoms with Gasteiger partial charge in [0, 0.05) is 17.4 Å². The Labute approximate surface area is 103 Å². The number of nitrogens with one attached hydrogen (secondary N) is 1. The first-order valence-corrected chi connectivity index (χ1v) is 6.92. The molecule has 3 heteroatoms. The predicted octanol–water partition coefficient (Wildman–Crippen LogP) is 2.93. The summed E-state index contributed by atoms with van der Waals surface area (Å²) in [6.07, 6.45) is 3.36. The molecule has 0 bridgehead atoms. The average Bonchev–Trinajstić information content (AvgIpc) is 2.34. The first-order valence-electron chi connectivity index (χ1n) is 5.63. The van der Waals surface area contributed by atoms with Gasteiger partial charge in [0.25, 0.3) is 0 Å². The summed E-state index contributed by atoms with van der Waals surface area (Å²) in [6.45, 7) is 4.20. The first kappa shape index (κ1) is 13.4. The number of benzene rings is 1. The molecule has 1 atom stereocenters. The molecule has 1 rings (SSSR count). The Morgan fingerprint density at radius 3 is 2.81 bits per heavy atom. The summed E-state index contributed by atoms with van der Waals surface area (Å²) in [7, 11) is 1.72. The predicted molar refractivity (Wildman–Crippen MR) is 72.3 cm³/mol. The van der Waals surface area contributed by atoms with Crippen LogP contribution in [0, 0.1) is 0 Å². The van der Waals surface area contributed by atoms with E-state index in [1.165, 1.54) is 12.0 Å². The molecule has 0 aliphatic rings. The number of methoxy groups -OCH3 is 1. The van der Waals surface area contributed by atoms with E-state index in [1.807, 2.05) is 30.0 Å². The monoisotopic (exact) mass is 239 g/mol. The van der Waals surface area contributed by atoms with Gasteiger partial charge in [0.1, 0.15) is 5.75 Å². The van der Waals surface area contributed by atoms with Crippen molar-refractivity contribution in [3.8, 4) is 5.75 Å². The van der Waals surface area contributed by atoms with Crippen molar-refractivity contribution in [3.63, 3.8) is 0 Å². The first-order chi connectivity index (χ1) is 7.77. The summed E-state index contributed by atoms with van der Waals surface area (Å²) in [6, 6.07) is 8.15. The van der Waals surface area contributed by atoms with Crippen molar-refractivity contribution in [2.24, 2.45) is 0 Å². The molecule has 0 amide bonds. The number of hydrogen-bond acceptors (Lipinski definition) is 3. The largest absolute Gasteiger partial charge is 0.496 e. The SMILES string of the molecule is COc1ccccc1CNCCC(C)SC. The van der Waals surface area contributed by atoms with E-state index >= 15 is 0 Å². The highest BCUT2D eigenvalue weighted by molar-refractivity contribution is 7.99. The van der Waals surface area contributed by atoms with Crippen molar-refractivity contribution in [1.82, 2.24) is 5.32 Å². The van der Waals surface area contributed by atoms with Crippen molar-refractivity contribution >= 4 is 11.8 Å². The van der Waals surface area contributed by atoms with Gasteiger partial charge in [-0.1, -0.05) is 25.1 Å². The normalized spacial score (nSPS) is 12.4. The molecular weight excluding hydrogens is 218 g/mol. The summed E-state index contributed by atoms with van der Waals surface area (Å²) in [5, 5.41) is 4.18. The van der Waals surface area contributed by atoms with Crippen LogP contribution in [0.1, 0.15) is 18.9 Å². The van der Waals surface area contributed by atoms with E-state index in [9.17, 15) is 0 Å². The maximum atomic E-state index is 5.30. The lowest BCUT2D eigenvalue weighted by Gasteiger charge is -2.11. The fraction of sp³-hybridized carbons (Fsp3) is 0.538. The van der Waals surface area contributed by atoms with Crippen LogP contribution in [-0.4, -0.2) is 25.2 Å². The zero-order chi connectivity index (χ0) is 11.8. The highest BCUT2D eigenvalue weighted by Gasteiger charge is 2.01. The summed E-state index contributed by atoms with van der Waals surface area (Å²) in [4.78, 5) is 0. The lowest BCUT2D eigenvalue weighted by Crippen LogP contribution is -2.18. The zero-order valence-corrected chi connectivity index (χ0v) is 11.1. The van der Waals surface area contributed by atoms with Gasteiger partial charge >= 0.3 is 0 Å². The topological polar surface area (TPSA) is 21.3 Å². The second-order valence-corrected chi connectivity index (χ2v) is 5.10. The van der Waals surface area contributed by atoms with E-state index in [2.05, 4.69) is 24.6 Å². The molecule has 90 valence electrons. The highest BCUT2D eigenvalue weighted by atomic mass is 32.2. The van der Waals surface area contributed by atoms with E-state index in [4.69, 9.17) is 4.74 Å². The van der Waals surface area contributed by atoms with E-state index < -0.39 is 0 Å². The molecule has 0 aliphatic carbocycles. The van der Waals surface area contributed by atoms with Crippen molar-refractivity contribution in [1.29, 1.82) is 0 Å². The molecule has 0 heterocycles. The van der Waals surface area contributed by atoms with Gasteiger partial charge in [0.2, 0.25) is 0 Å². The molecule has 16 heavy (non-hydrogen) atoms. The van der Waals surface area contributed by atoms with Gasteiger partial charge in [-0.05, 0) is 25.3 Å². The standard InChI is InChI=1S/C13H21NOS/c1-11(16-3)8-9-14-10-12-6-4-5-7-13(12)15-2/h4-7,11,14H,8-10H2,1-3H3. The lowest BCUT2D eigenvalue weighted by molar-refractivity contribution is 0.407. The third-order valence-corrected chi connectivity index (χ3v) is 3.68. The van der Waals surface area contributed by atoms with Crippen LogP contribution in [0.4, 0.5) is 0 Å².